The fraction of sp³-hybridized carbons (Fsp3) is 0.750. The molecule has 0 spiro atoms. The number of aliphatic hydroxyl groups is 1. The van der Waals surface area contributed by atoms with Crippen molar-refractivity contribution in [1.29, 1.82) is 0 Å². The molecule has 0 aromatic rings. The number of nitrogens with one attached hydrogen (secondary N) is 3. The molecule has 0 bridgehead atoms. The van der Waals surface area contributed by atoms with Crippen LogP contribution in [0.5, 0.6) is 0 Å². The summed E-state index contributed by atoms with van der Waals surface area (Å²) >= 11 is 0. The van der Waals surface area contributed by atoms with Gasteiger partial charge in [0.25, 0.3) is 5.91 Å². The number of carboxylic acid groups (broad SMARTS) is 1. The molecule has 7 atom stereocenters. The van der Waals surface area contributed by atoms with Crippen molar-refractivity contribution in [2.75, 3.05) is 13.2 Å². The molecule has 13 nitrogen and oxygen atoms in total. The van der Waals surface area contributed by atoms with Crippen LogP contribution in [0.4, 0.5) is 4.79 Å². The summed E-state index contributed by atoms with van der Waals surface area (Å²) in [6.45, 7) is 5.00. The van der Waals surface area contributed by atoms with E-state index in [4.69, 9.17) is 4.74 Å². The van der Waals surface area contributed by atoms with Crippen LogP contribution < -0.4 is 15.4 Å². The molecule has 1 saturated heterocycles. The minimum Gasteiger partial charge on any atom is -0.465 e. The second kappa shape index (κ2) is 10.1. The Labute approximate surface area is 221 Å². The normalized spacial score (nSPS) is 37.9. The topological polar surface area (TPSA) is 191 Å². The molecule has 14 heteroatoms. The van der Waals surface area contributed by atoms with E-state index in [0.29, 0.717) is 19.3 Å². The first kappa shape index (κ1) is 28.3. The Bertz CT molecular complexity index is 1140. The molecule has 2 aliphatic heterocycles. The number of nitrogens with zero attached hydrogens (tertiary/aromatic N) is 1. The Balaban J connectivity index is 1.64. The summed E-state index contributed by atoms with van der Waals surface area (Å²) in [7, 11) is -3.97. The van der Waals surface area contributed by atoms with E-state index in [1.54, 1.807) is 32.9 Å². The Morgan fingerprint density at radius 3 is 2.53 bits per heavy atom. The Hall–Kier alpha value is -2.71. The van der Waals surface area contributed by atoms with Crippen LogP contribution in [0, 0.1) is 11.8 Å². The zero-order valence-corrected chi connectivity index (χ0v) is 22.5. The van der Waals surface area contributed by atoms with E-state index in [9.17, 15) is 37.8 Å². The predicted molar refractivity (Wildman–Crippen MR) is 133 cm³/mol. The monoisotopic (exact) mass is 556 g/mol. The van der Waals surface area contributed by atoms with Gasteiger partial charge in [-0.2, -0.15) is 0 Å². The Morgan fingerprint density at radius 2 is 1.89 bits per heavy atom. The molecule has 0 aromatic heterocycles. The van der Waals surface area contributed by atoms with Crippen LogP contribution in [0.2, 0.25) is 0 Å². The molecular formula is C24H36N4O9S. The lowest BCUT2D eigenvalue weighted by atomic mass is 9.94. The maximum Gasteiger partial charge on any atom is 0.405 e. The van der Waals surface area contributed by atoms with Crippen molar-refractivity contribution in [1.82, 2.24) is 20.3 Å². The van der Waals surface area contributed by atoms with Gasteiger partial charge in [0.2, 0.25) is 21.8 Å². The molecule has 0 unspecified atom stereocenters. The van der Waals surface area contributed by atoms with E-state index in [1.807, 2.05) is 0 Å². The Morgan fingerprint density at radius 1 is 1.21 bits per heavy atom. The number of hydrogen-bond acceptors (Lipinski definition) is 8. The average Bonchev–Trinajstić information content (AvgIpc) is 3.70. The van der Waals surface area contributed by atoms with Crippen LogP contribution in [0.15, 0.2) is 12.2 Å². The molecule has 4 amide bonds. The molecule has 4 aliphatic rings. The summed E-state index contributed by atoms with van der Waals surface area (Å²) in [5, 5.41) is 24.6. The third-order valence-electron chi connectivity index (χ3n) is 8.12. The molecule has 38 heavy (non-hydrogen) atoms. The number of carbonyl (C=O) groups is 4. The third kappa shape index (κ3) is 5.52. The second-order valence-corrected chi connectivity index (χ2v) is 13.5. The number of amides is 4. The van der Waals surface area contributed by atoms with Gasteiger partial charge < -0.3 is 30.5 Å². The number of aliphatic hydroxyl groups excluding tert-OH is 1. The minimum absolute atomic E-state index is 0.111. The maximum absolute atomic E-state index is 13.5. The molecule has 3 fully saturated rings. The predicted octanol–water partition coefficient (Wildman–Crippen LogP) is -0.541. The number of carbonyl (C=O) groups excluding carboxylic acids is 3. The van der Waals surface area contributed by atoms with E-state index in [-0.39, 0.29) is 32.1 Å². The average molecular weight is 557 g/mol. The molecule has 2 aliphatic carbocycles. The highest BCUT2D eigenvalue weighted by Gasteiger charge is 2.63. The molecule has 2 heterocycles. The number of rotatable bonds is 4. The van der Waals surface area contributed by atoms with Crippen LogP contribution in [0.1, 0.15) is 52.9 Å². The summed E-state index contributed by atoms with van der Waals surface area (Å²) in [5.41, 5.74) is -1.55. The van der Waals surface area contributed by atoms with Crippen molar-refractivity contribution in [2.45, 2.75) is 87.5 Å². The van der Waals surface area contributed by atoms with Gasteiger partial charge in [-0.3, -0.25) is 19.1 Å². The number of fused-ring (bicyclic) bond motifs is 2. The summed E-state index contributed by atoms with van der Waals surface area (Å²) in [6.07, 6.45) is 1.82. The minimum atomic E-state index is -3.97. The highest BCUT2D eigenvalue weighted by Crippen LogP contribution is 2.47. The van der Waals surface area contributed by atoms with Gasteiger partial charge in [0.1, 0.15) is 17.6 Å². The Kier molecular flexibility index (Phi) is 7.53. The molecule has 5 N–H and O–H groups in total. The van der Waals surface area contributed by atoms with Crippen molar-refractivity contribution < 1.29 is 42.5 Å². The molecule has 0 radical (unpaired) electrons. The molecule has 2 saturated carbocycles. The van der Waals surface area contributed by atoms with Gasteiger partial charge >= 0.3 is 6.09 Å². The number of ether oxygens (including phenoxy) is 1. The summed E-state index contributed by atoms with van der Waals surface area (Å²) in [5.74, 6) is -3.26. The van der Waals surface area contributed by atoms with Crippen LogP contribution >= 0.6 is 0 Å². The zero-order valence-electron chi connectivity index (χ0n) is 21.7. The first-order valence-electron chi connectivity index (χ1n) is 12.8. The van der Waals surface area contributed by atoms with Gasteiger partial charge in [-0.15, -0.1) is 0 Å². The van der Waals surface area contributed by atoms with E-state index in [2.05, 4.69) is 15.4 Å². The van der Waals surface area contributed by atoms with Gasteiger partial charge in [0, 0.05) is 18.9 Å². The van der Waals surface area contributed by atoms with Gasteiger partial charge in [0.15, 0.2) is 0 Å². The van der Waals surface area contributed by atoms with Crippen LogP contribution in [0.25, 0.3) is 0 Å². The third-order valence-corrected chi connectivity index (χ3v) is 10.3. The summed E-state index contributed by atoms with van der Waals surface area (Å²) < 4.78 is 32.4. The van der Waals surface area contributed by atoms with Crippen LogP contribution in [0.3, 0.4) is 0 Å². The fourth-order valence-electron chi connectivity index (χ4n) is 5.30. The highest BCUT2D eigenvalue weighted by molar-refractivity contribution is 7.91. The molecule has 4 rings (SSSR count). The van der Waals surface area contributed by atoms with Crippen molar-refractivity contribution in [3.8, 4) is 0 Å². The van der Waals surface area contributed by atoms with E-state index in [1.165, 1.54) is 0 Å². The fourth-order valence-corrected chi connectivity index (χ4v) is 6.61. The zero-order chi connectivity index (χ0) is 28.0. The molecule has 212 valence electrons. The second-order valence-electron chi connectivity index (χ2n) is 11.3. The van der Waals surface area contributed by atoms with Gasteiger partial charge in [0.05, 0.1) is 23.6 Å². The van der Waals surface area contributed by atoms with Gasteiger partial charge in [-0.05, 0) is 45.4 Å². The van der Waals surface area contributed by atoms with Crippen molar-refractivity contribution in [2.24, 2.45) is 11.8 Å². The number of sulfonamides is 1. The summed E-state index contributed by atoms with van der Waals surface area (Å²) in [6, 6.07) is -2.37. The first-order chi connectivity index (χ1) is 17.7. The van der Waals surface area contributed by atoms with Gasteiger partial charge in [-0.1, -0.05) is 19.1 Å². The standard InChI is InChI=1S/C24H36N4O9S/c1-13-9-14(2)37-8-4-5-15-11-24(15,21(32)27-38(35,36)23(3)6-7-23)26-19(30)17-10-16(29)12-28(17)20(31)18(13)25-22(33)34/h4-5,13-18,25,29H,6-12H2,1-3H3,(H,26,30)(H,27,32)(H,33,34)/b5-4-/t13-,14+,15-,16-,17+,18+,24-/m1/s1. The largest absolute Gasteiger partial charge is 0.465 e. The SMILES string of the molecule is C[C@@H]1C[C@H](C)OC/C=C\[C@@H]2C[C@@]2(C(=O)NS(=O)(=O)C2(C)CC2)NC(=O)[C@@H]2C[C@@H](O)CN2C(=O)[C@H]1NC(=O)O. The first-order valence-corrected chi connectivity index (χ1v) is 14.3. The lowest BCUT2D eigenvalue weighted by Gasteiger charge is -2.32. The summed E-state index contributed by atoms with van der Waals surface area (Å²) in [4.78, 5) is 52.9. The highest BCUT2D eigenvalue weighted by atomic mass is 32.2. The van der Waals surface area contributed by atoms with E-state index in [0.717, 1.165) is 4.90 Å². The molecular weight excluding hydrogens is 520 g/mol. The van der Waals surface area contributed by atoms with Crippen LogP contribution in [-0.2, 0) is 29.1 Å². The van der Waals surface area contributed by atoms with Crippen molar-refractivity contribution in [3.63, 3.8) is 0 Å². The van der Waals surface area contributed by atoms with Crippen molar-refractivity contribution >= 4 is 33.8 Å². The van der Waals surface area contributed by atoms with E-state index < -0.39 is 74.1 Å². The van der Waals surface area contributed by atoms with Gasteiger partial charge in [-0.25, -0.2) is 13.2 Å². The van der Waals surface area contributed by atoms with E-state index >= 15 is 0 Å². The van der Waals surface area contributed by atoms with Crippen molar-refractivity contribution in [3.05, 3.63) is 12.2 Å². The quantitative estimate of drug-likeness (QED) is 0.283. The van der Waals surface area contributed by atoms with Crippen LogP contribution in [-0.4, -0.2) is 95.1 Å². The lowest BCUT2D eigenvalue weighted by Crippen LogP contribution is -2.59. The number of hydrogen-bond donors (Lipinski definition) is 5. The lowest BCUT2D eigenvalue weighted by molar-refractivity contribution is -0.142. The molecule has 0 aromatic carbocycles. The maximum atomic E-state index is 13.5. The smallest absolute Gasteiger partial charge is 0.405 e.